The fourth-order valence-electron chi connectivity index (χ4n) is 1.07. The molecule has 6 heteroatoms. The van der Waals surface area contributed by atoms with Gasteiger partial charge >= 0.3 is 6.18 Å². The molecule has 0 saturated carbocycles. The molecule has 0 spiro atoms. The predicted octanol–water partition coefficient (Wildman–Crippen LogP) is 0.190. The van der Waals surface area contributed by atoms with Gasteiger partial charge in [0.05, 0.1) is 6.42 Å². The Balaban J connectivity index is 2.77. The number of carbonyl (C=O) groups is 1. The van der Waals surface area contributed by atoms with Gasteiger partial charge in [-0.25, -0.2) is 0 Å². The summed E-state index contributed by atoms with van der Waals surface area (Å²) >= 11 is 0. The van der Waals surface area contributed by atoms with Gasteiger partial charge in [0, 0.05) is 13.0 Å². The lowest BCUT2D eigenvalue weighted by Gasteiger charge is -2.33. The maximum Gasteiger partial charge on any atom is 0.417 e. The fourth-order valence-corrected chi connectivity index (χ4v) is 1.07. The minimum Gasteiger partial charge on any atom is -0.380 e. The van der Waals surface area contributed by atoms with Gasteiger partial charge < -0.3 is 10.4 Å². The lowest BCUT2D eigenvalue weighted by Crippen LogP contribution is -2.54. The molecule has 1 fully saturated rings. The van der Waals surface area contributed by atoms with E-state index >= 15 is 0 Å². The van der Waals surface area contributed by atoms with Crippen LogP contribution in [-0.2, 0) is 4.79 Å². The molecule has 0 bridgehead atoms. The highest BCUT2D eigenvalue weighted by atomic mass is 19.4. The average Bonchev–Trinajstić information content (AvgIpc) is 1.83. The maximum absolute atomic E-state index is 12.1. The van der Waals surface area contributed by atoms with Crippen molar-refractivity contribution in [2.45, 2.75) is 24.6 Å². The van der Waals surface area contributed by atoms with Crippen LogP contribution >= 0.6 is 0 Å². The summed E-state index contributed by atoms with van der Waals surface area (Å²) in [6, 6.07) is 0. The van der Waals surface area contributed by atoms with E-state index in [1.54, 1.807) is 0 Å². The van der Waals surface area contributed by atoms with Crippen molar-refractivity contribution in [3.63, 3.8) is 0 Å². The Morgan fingerprint density at radius 1 is 1.50 bits per heavy atom. The van der Waals surface area contributed by atoms with Crippen LogP contribution in [0.1, 0.15) is 12.8 Å². The molecule has 1 aliphatic heterocycles. The second kappa shape index (κ2) is 2.62. The van der Waals surface area contributed by atoms with Crippen molar-refractivity contribution >= 4 is 5.91 Å². The lowest BCUT2D eigenvalue weighted by molar-refractivity contribution is -0.265. The van der Waals surface area contributed by atoms with E-state index in [-0.39, 0.29) is 6.54 Å². The van der Waals surface area contributed by atoms with Crippen LogP contribution in [-0.4, -0.2) is 29.3 Å². The second-order valence-electron chi connectivity index (χ2n) is 2.81. The van der Waals surface area contributed by atoms with Crippen LogP contribution < -0.4 is 5.32 Å². The van der Waals surface area contributed by atoms with E-state index in [4.69, 9.17) is 5.11 Å². The number of carbonyl (C=O) groups excluding carboxylic acids is 1. The van der Waals surface area contributed by atoms with Crippen molar-refractivity contribution in [3.8, 4) is 0 Å². The molecule has 1 unspecified atom stereocenters. The molecule has 1 aliphatic rings. The van der Waals surface area contributed by atoms with E-state index in [1.165, 1.54) is 0 Å². The third kappa shape index (κ3) is 1.52. The molecule has 0 aromatic heterocycles. The third-order valence-electron chi connectivity index (χ3n) is 1.84. The maximum atomic E-state index is 12.1. The monoisotopic (exact) mass is 183 g/mol. The van der Waals surface area contributed by atoms with Crippen LogP contribution in [0.25, 0.3) is 0 Å². The largest absolute Gasteiger partial charge is 0.417 e. The summed E-state index contributed by atoms with van der Waals surface area (Å²) in [5.74, 6) is -0.763. The minimum atomic E-state index is -4.72. The van der Waals surface area contributed by atoms with E-state index in [9.17, 15) is 18.0 Å². The summed E-state index contributed by atoms with van der Waals surface area (Å²) in [6.45, 7) is -0.130. The van der Waals surface area contributed by atoms with Gasteiger partial charge in [-0.15, -0.1) is 0 Å². The van der Waals surface area contributed by atoms with Crippen LogP contribution in [0.4, 0.5) is 13.2 Å². The van der Waals surface area contributed by atoms with Crippen molar-refractivity contribution < 1.29 is 23.1 Å². The molecular formula is C6H8F3NO2. The first-order valence-electron chi connectivity index (χ1n) is 3.41. The third-order valence-corrected chi connectivity index (χ3v) is 1.84. The van der Waals surface area contributed by atoms with E-state index in [2.05, 4.69) is 5.32 Å². The molecule has 0 radical (unpaired) electrons. The summed E-state index contributed by atoms with van der Waals surface area (Å²) in [7, 11) is 0. The first kappa shape index (κ1) is 9.31. The highest BCUT2D eigenvalue weighted by Gasteiger charge is 2.55. The van der Waals surface area contributed by atoms with Gasteiger partial charge in [-0.1, -0.05) is 0 Å². The topological polar surface area (TPSA) is 49.3 Å². The average molecular weight is 183 g/mol. The molecule has 1 saturated heterocycles. The number of halogens is 3. The van der Waals surface area contributed by atoms with E-state index in [0.29, 0.717) is 0 Å². The quantitative estimate of drug-likeness (QED) is 0.563. The van der Waals surface area contributed by atoms with Crippen LogP contribution in [0.5, 0.6) is 0 Å². The van der Waals surface area contributed by atoms with Crippen molar-refractivity contribution in [2.75, 3.05) is 6.54 Å². The SMILES string of the molecule is O=C1CC(O)(C(F)(F)F)CCN1. The zero-order valence-corrected chi connectivity index (χ0v) is 6.11. The molecule has 70 valence electrons. The molecule has 0 aromatic rings. The Morgan fingerprint density at radius 3 is 2.42 bits per heavy atom. The molecule has 12 heavy (non-hydrogen) atoms. The Morgan fingerprint density at radius 2 is 2.08 bits per heavy atom. The van der Waals surface area contributed by atoms with Crippen LogP contribution in [0.2, 0.25) is 0 Å². The molecule has 0 aliphatic carbocycles. The number of hydrogen-bond acceptors (Lipinski definition) is 2. The number of amides is 1. The van der Waals surface area contributed by atoms with Crippen LogP contribution in [0.15, 0.2) is 0 Å². The fraction of sp³-hybridized carbons (Fsp3) is 0.833. The van der Waals surface area contributed by atoms with E-state index < -0.39 is 30.5 Å². The minimum absolute atomic E-state index is 0.130. The van der Waals surface area contributed by atoms with Gasteiger partial charge in [-0.3, -0.25) is 4.79 Å². The van der Waals surface area contributed by atoms with Crippen molar-refractivity contribution in [3.05, 3.63) is 0 Å². The normalized spacial score (nSPS) is 31.5. The number of nitrogens with one attached hydrogen (secondary N) is 1. The zero-order valence-electron chi connectivity index (χ0n) is 6.11. The van der Waals surface area contributed by atoms with Gasteiger partial charge in [0.15, 0.2) is 5.60 Å². The molecule has 1 rings (SSSR count). The number of hydrogen-bond donors (Lipinski definition) is 2. The van der Waals surface area contributed by atoms with Gasteiger partial charge in [0.25, 0.3) is 0 Å². The molecule has 2 N–H and O–H groups in total. The molecule has 0 aromatic carbocycles. The lowest BCUT2D eigenvalue weighted by atomic mass is 9.91. The number of aliphatic hydroxyl groups is 1. The summed E-state index contributed by atoms with van der Waals surface area (Å²) in [5.41, 5.74) is -2.82. The summed E-state index contributed by atoms with van der Waals surface area (Å²) in [4.78, 5) is 10.6. The van der Waals surface area contributed by atoms with E-state index in [1.807, 2.05) is 0 Å². The molecule has 1 atom stereocenters. The summed E-state index contributed by atoms with van der Waals surface area (Å²) < 4.78 is 36.2. The Bertz CT molecular complexity index is 203. The number of rotatable bonds is 0. The van der Waals surface area contributed by atoms with Crippen LogP contribution in [0, 0.1) is 0 Å². The van der Waals surface area contributed by atoms with Crippen molar-refractivity contribution in [2.24, 2.45) is 0 Å². The zero-order chi connectivity index (χ0) is 9.41. The predicted molar refractivity (Wildman–Crippen MR) is 33.2 cm³/mol. The molecule has 1 amide bonds. The van der Waals surface area contributed by atoms with Crippen molar-refractivity contribution in [1.82, 2.24) is 5.32 Å². The second-order valence-corrected chi connectivity index (χ2v) is 2.81. The summed E-state index contributed by atoms with van der Waals surface area (Å²) in [5, 5.41) is 11.2. The van der Waals surface area contributed by atoms with Crippen molar-refractivity contribution in [1.29, 1.82) is 0 Å². The number of alkyl halides is 3. The Hall–Kier alpha value is -0.780. The Labute approximate surface area is 66.6 Å². The molecule has 1 heterocycles. The van der Waals surface area contributed by atoms with E-state index in [0.717, 1.165) is 0 Å². The first-order chi connectivity index (χ1) is 5.35. The smallest absolute Gasteiger partial charge is 0.380 e. The van der Waals surface area contributed by atoms with Gasteiger partial charge in [0.2, 0.25) is 5.91 Å². The highest BCUT2D eigenvalue weighted by Crippen LogP contribution is 2.36. The molecular weight excluding hydrogens is 175 g/mol. The van der Waals surface area contributed by atoms with Gasteiger partial charge in [-0.2, -0.15) is 13.2 Å². The first-order valence-corrected chi connectivity index (χ1v) is 3.41. The highest BCUT2D eigenvalue weighted by molar-refractivity contribution is 5.78. The Kier molecular flexibility index (Phi) is 2.03. The number of piperidine rings is 1. The van der Waals surface area contributed by atoms with Gasteiger partial charge in [-0.05, 0) is 0 Å². The summed E-state index contributed by atoms with van der Waals surface area (Å²) in [6.07, 6.45) is -6.08. The van der Waals surface area contributed by atoms with Crippen LogP contribution in [0.3, 0.4) is 0 Å². The molecule has 3 nitrogen and oxygen atoms in total. The standard InChI is InChI=1S/C6H8F3NO2/c7-6(8,9)5(12)1-2-10-4(11)3-5/h12H,1-3H2,(H,10,11). The van der Waals surface area contributed by atoms with Gasteiger partial charge in [0.1, 0.15) is 0 Å².